The number of hydrogen-bond donors (Lipinski definition) is 11. The first-order valence-electron chi connectivity index (χ1n) is 27.3. The highest BCUT2D eigenvalue weighted by molar-refractivity contribution is 7.09. The molecule has 1 unspecified atom stereocenters. The Kier molecular flexibility index (Phi) is 28.4. The molecule has 14 N–H and O–H groups in total. The van der Waals surface area contributed by atoms with Crippen molar-refractivity contribution in [2.75, 3.05) is 31.2 Å². The molecule has 3 rings (SSSR count). The number of aliphatic carboxylic acids is 1. The van der Waals surface area contributed by atoms with E-state index in [1.165, 1.54) is 6.92 Å². The predicted molar refractivity (Wildman–Crippen MR) is 307 cm³/mol. The SMILES string of the molecule is CC[C@H](C)CC(=O)N(C)[C@H](C[C@@H](NC(=O)OCc1ccc(NC(=O)[C@H](CCCNC(N)=O)NC(=O)[C@@H](NC(=O)C(CCCCN)NC(C)=O)C(C)C)cc1)c1nc(C(=O)N[C@@H](Cc2ccc(N)cc2)C[C@H](C)C(=O)O)cs1)C(C)C. The number of ether oxygens (including phenoxy) is 1. The van der Waals surface area contributed by atoms with E-state index in [0.717, 1.165) is 23.3 Å². The Morgan fingerprint density at radius 1 is 0.762 bits per heavy atom. The van der Waals surface area contributed by atoms with Gasteiger partial charge in [-0.15, -0.1) is 11.3 Å². The third-order valence-electron chi connectivity index (χ3n) is 13.6. The molecule has 3 aromatic rings. The first-order chi connectivity index (χ1) is 37.8. The fraction of sp³-hybridized carbons (Fsp3) is 0.571. The summed E-state index contributed by atoms with van der Waals surface area (Å²) >= 11 is 1.14. The van der Waals surface area contributed by atoms with E-state index < -0.39 is 89.7 Å². The van der Waals surface area contributed by atoms with Crippen molar-refractivity contribution in [3.63, 3.8) is 0 Å². The molecule has 0 saturated carbocycles. The minimum Gasteiger partial charge on any atom is -0.481 e. The van der Waals surface area contributed by atoms with Gasteiger partial charge in [0.25, 0.3) is 5.91 Å². The van der Waals surface area contributed by atoms with E-state index in [-0.39, 0.29) is 68.3 Å². The monoisotopic (exact) mass is 1130 g/mol. The molecule has 8 atom stereocenters. The molecule has 0 aliphatic carbocycles. The zero-order chi connectivity index (χ0) is 59.6. The van der Waals surface area contributed by atoms with E-state index in [4.69, 9.17) is 21.9 Å². The third kappa shape index (κ3) is 23.6. The lowest BCUT2D eigenvalue weighted by atomic mass is 9.94. The fourth-order valence-electron chi connectivity index (χ4n) is 8.67. The van der Waals surface area contributed by atoms with E-state index in [9.17, 15) is 48.3 Å². The number of alkyl carbamates (subject to hydrolysis) is 1. The quantitative estimate of drug-likeness (QED) is 0.0274. The van der Waals surface area contributed by atoms with Gasteiger partial charge in [-0.2, -0.15) is 0 Å². The number of rotatable bonds is 34. The summed E-state index contributed by atoms with van der Waals surface area (Å²) in [4.78, 5) is 124. The molecule has 1 heterocycles. The number of nitrogens with zero attached hydrogens (tertiary/aromatic N) is 2. The van der Waals surface area contributed by atoms with Gasteiger partial charge >= 0.3 is 18.1 Å². The maximum Gasteiger partial charge on any atom is 0.408 e. The average Bonchev–Trinajstić information content (AvgIpc) is 3.90. The molecule has 0 fully saturated rings. The summed E-state index contributed by atoms with van der Waals surface area (Å²) in [5, 5.41) is 30.9. The van der Waals surface area contributed by atoms with Crippen LogP contribution in [0.25, 0.3) is 0 Å². The van der Waals surface area contributed by atoms with Crippen LogP contribution in [0.4, 0.5) is 21.0 Å². The number of benzene rings is 2. The van der Waals surface area contributed by atoms with Gasteiger partial charge in [0.1, 0.15) is 35.4 Å². The number of nitrogen functional groups attached to an aromatic ring is 1. The van der Waals surface area contributed by atoms with E-state index in [0.29, 0.717) is 60.6 Å². The molecule has 0 saturated heterocycles. The zero-order valence-electron chi connectivity index (χ0n) is 47.7. The van der Waals surface area contributed by atoms with Crippen LogP contribution < -0.4 is 54.4 Å². The van der Waals surface area contributed by atoms with Gasteiger partial charge in [-0.25, -0.2) is 14.6 Å². The molecule has 442 valence electrons. The second-order valence-electron chi connectivity index (χ2n) is 21.2. The molecule has 0 bridgehead atoms. The van der Waals surface area contributed by atoms with Gasteiger partial charge in [-0.05, 0) is 111 Å². The smallest absolute Gasteiger partial charge is 0.408 e. The van der Waals surface area contributed by atoms with Crippen LogP contribution in [-0.2, 0) is 46.5 Å². The number of carbonyl (C=O) groups is 9. The normalized spacial score (nSPS) is 14.2. The van der Waals surface area contributed by atoms with Gasteiger partial charge in [0.2, 0.25) is 29.5 Å². The number of nitrogens with two attached hydrogens (primary N) is 3. The largest absolute Gasteiger partial charge is 0.481 e. The van der Waals surface area contributed by atoms with Gasteiger partial charge in [-0.1, -0.05) is 79.2 Å². The van der Waals surface area contributed by atoms with Crippen molar-refractivity contribution >= 4 is 76.2 Å². The molecular weight excluding hydrogens is 1050 g/mol. The number of carboxylic acid groups (broad SMARTS) is 1. The molecule has 0 radical (unpaired) electrons. The Morgan fingerprint density at radius 3 is 1.99 bits per heavy atom. The highest BCUT2D eigenvalue weighted by Gasteiger charge is 2.33. The number of aromatic nitrogens is 1. The van der Waals surface area contributed by atoms with Gasteiger partial charge in [0.05, 0.1) is 12.0 Å². The number of urea groups is 1. The number of carboxylic acids is 1. The molecule has 24 heteroatoms. The maximum absolute atomic E-state index is 13.8. The number of primary amides is 1. The minimum atomic E-state index is -1.13. The Morgan fingerprint density at radius 2 is 1.40 bits per heavy atom. The standard InChI is InChI=1S/C56H86N12O11S/c1-10-34(6)26-47(70)68(9)46(32(2)3)29-44(53-65-45(31-80-53)51(73)63-41(27-35(7)54(75)76)28-37-16-20-39(58)21-17-37)66-56(78)79-30-38-18-22-40(23-19-38)62-49(71)43(15-13-25-60-55(59)77)64-52(74)48(33(4)5)67-50(72)42(61-36(8)69)14-11-12-24-57/h16-23,31-35,41-44,46,48H,10-15,24-30,57-58H2,1-9H3,(H,61,69)(H,62,71)(H,63,73)(H,64,74)(H,66,78)(H,67,72)(H,75,76)(H3,59,60,77)/t34-,35-,41+,42?,43-,44+,46+,48-/m0/s1. The molecule has 1 aromatic heterocycles. The zero-order valence-corrected chi connectivity index (χ0v) is 48.5. The van der Waals surface area contributed by atoms with Gasteiger partial charge < -0.3 is 69.2 Å². The van der Waals surface area contributed by atoms with Gasteiger partial charge in [0.15, 0.2) is 0 Å². The lowest BCUT2D eigenvalue weighted by molar-refractivity contribution is -0.141. The van der Waals surface area contributed by atoms with Crippen LogP contribution in [0.3, 0.4) is 0 Å². The lowest BCUT2D eigenvalue weighted by Crippen LogP contribution is -2.57. The second kappa shape index (κ2) is 33.9. The topological polar surface area (TPSA) is 361 Å². The van der Waals surface area contributed by atoms with Crippen molar-refractivity contribution in [2.24, 2.45) is 35.1 Å². The number of amides is 9. The molecule has 2 aromatic carbocycles. The van der Waals surface area contributed by atoms with Crippen LogP contribution in [-0.4, -0.2) is 119 Å². The number of anilines is 2. The third-order valence-corrected chi connectivity index (χ3v) is 14.6. The molecule has 0 spiro atoms. The maximum atomic E-state index is 13.8. The van der Waals surface area contributed by atoms with Crippen LogP contribution in [0.5, 0.6) is 0 Å². The minimum absolute atomic E-state index is 0.0526. The average molecular weight is 1140 g/mol. The second-order valence-corrected chi connectivity index (χ2v) is 22.0. The van der Waals surface area contributed by atoms with E-state index >= 15 is 0 Å². The molecule has 23 nitrogen and oxygen atoms in total. The Balaban J connectivity index is 1.82. The summed E-state index contributed by atoms with van der Waals surface area (Å²) < 4.78 is 5.71. The molecular formula is C56H86N12O11S. The van der Waals surface area contributed by atoms with Crippen molar-refractivity contribution in [1.82, 2.24) is 41.8 Å². The highest BCUT2D eigenvalue weighted by atomic mass is 32.1. The van der Waals surface area contributed by atoms with E-state index in [2.05, 4.69) is 42.2 Å². The van der Waals surface area contributed by atoms with Crippen molar-refractivity contribution in [3.8, 4) is 0 Å². The van der Waals surface area contributed by atoms with Gasteiger partial charge in [0, 0.05) is 55.8 Å². The lowest BCUT2D eigenvalue weighted by Gasteiger charge is -2.34. The van der Waals surface area contributed by atoms with Crippen LogP contribution in [0, 0.1) is 23.7 Å². The number of carbonyl (C=O) groups excluding carboxylic acids is 8. The Labute approximate surface area is 473 Å². The highest BCUT2D eigenvalue weighted by Crippen LogP contribution is 2.29. The van der Waals surface area contributed by atoms with Crippen molar-refractivity contribution in [3.05, 3.63) is 75.7 Å². The molecule has 80 heavy (non-hydrogen) atoms. The number of nitrogens with one attached hydrogen (secondary N) is 7. The predicted octanol–water partition coefficient (Wildman–Crippen LogP) is 5.10. The van der Waals surface area contributed by atoms with E-state index in [1.54, 1.807) is 74.5 Å². The molecule has 0 aliphatic heterocycles. The summed E-state index contributed by atoms with van der Waals surface area (Å²) in [6.07, 6.45) is 2.87. The summed E-state index contributed by atoms with van der Waals surface area (Å²) in [5.74, 6) is -4.90. The van der Waals surface area contributed by atoms with Crippen LogP contribution in [0.2, 0.25) is 0 Å². The van der Waals surface area contributed by atoms with Crippen LogP contribution >= 0.6 is 11.3 Å². The number of hydrogen-bond acceptors (Lipinski definition) is 14. The first kappa shape index (κ1) is 66.9. The summed E-state index contributed by atoms with van der Waals surface area (Å²) in [7, 11) is 1.74. The molecule has 9 amide bonds. The van der Waals surface area contributed by atoms with Crippen LogP contribution in [0.15, 0.2) is 53.9 Å². The fourth-order valence-corrected chi connectivity index (χ4v) is 9.54. The molecule has 0 aliphatic rings. The van der Waals surface area contributed by atoms with Crippen molar-refractivity contribution < 1.29 is 53.0 Å². The summed E-state index contributed by atoms with van der Waals surface area (Å²) in [6.45, 7) is 14.6. The Hall–Kier alpha value is -7.34. The number of thiazole rings is 1. The first-order valence-corrected chi connectivity index (χ1v) is 28.2. The van der Waals surface area contributed by atoms with Crippen LogP contribution in [0.1, 0.15) is 146 Å². The summed E-state index contributed by atoms with van der Waals surface area (Å²) in [6, 6.07) is 7.87. The van der Waals surface area contributed by atoms with E-state index in [1.807, 2.05) is 39.8 Å². The number of unbranched alkanes of at least 4 members (excludes halogenated alkanes) is 1. The van der Waals surface area contributed by atoms with Crippen molar-refractivity contribution in [1.29, 1.82) is 0 Å². The Bertz CT molecular complexity index is 2510. The van der Waals surface area contributed by atoms with Gasteiger partial charge in [-0.3, -0.25) is 33.6 Å². The summed E-state index contributed by atoms with van der Waals surface area (Å²) in [5.41, 5.74) is 19.1. The van der Waals surface area contributed by atoms with Crippen molar-refractivity contribution in [2.45, 2.75) is 162 Å².